The van der Waals surface area contributed by atoms with Crippen molar-refractivity contribution in [3.8, 4) is 0 Å². The molecule has 5 heteroatoms. The van der Waals surface area contributed by atoms with Crippen molar-refractivity contribution in [3.63, 3.8) is 0 Å². The van der Waals surface area contributed by atoms with Crippen LogP contribution >= 0.6 is 0 Å². The summed E-state index contributed by atoms with van der Waals surface area (Å²) in [6.45, 7) is 1.63. The van der Waals surface area contributed by atoms with Gasteiger partial charge in [0.25, 0.3) is 5.91 Å². The number of anilines is 1. The second-order valence-corrected chi connectivity index (χ2v) is 7.12. The number of halogens is 1. The van der Waals surface area contributed by atoms with Crippen molar-refractivity contribution in [2.75, 3.05) is 18.4 Å². The SMILES string of the molecule is O=C(c1ccc(NC(=O)C2(c3ccc(F)cc3)CC2)cc1)N1CCCC1. The van der Waals surface area contributed by atoms with Crippen molar-refractivity contribution < 1.29 is 14.0 Å². The van der Waals surface area contributed by atoms with Crippen molar-refractivity contribution >= 4 is 17.5 Å². The first-order chi connectivity index (χ1) is 12.6. The monoisotopic (exact) mass is 352 g/mol. The smallest absolute Gasteiger partial charge is 0.253 e. The number of benzene rings is 2. The average molecular weight is 352 g/mol. The van der Waals surface area contributed by atoms with E-state index in [2.05, 4.69) is 5.32 Å². The zero-order valence-electron chi connectivity index (χ0n) is 14.5. The van der Waals surface area contributed by atoms with Crippen LogP contribution < -0.4 is 5.32 Å². The lowest BCUT2D eigenvalue weighted by Gasteiger charge is -2.17. The van der Waals surface area contributed by atoms with Crippen LogP contribution in [0.5, 0.6) is 0 Å². The molecule has 0 spiro atoms. The fourth-order valence-electron chi connectivity index (χ4n) is 3.59. The number of carbonyl (C=O) groups excluding carboxylic acids is 2. The van der Waals surface area contributed by atoms with E-state index in [-0.39, 0.29) is 17.6 Å². The van der Waals surface area contributed by atoms with Crippen molar-refractivity contribution in [2.45, 2.75) is 31.1 Å². The summed E-state index contributed by atoms with van der Waals surface area (Å²) in [6.07, 6.45) is 3.64. The van der Waals surface area contributed by atoms with Gasteiger partial charge in [-0.15, -0.1) is 0 Å². The Morgan fingerprint density at radius 3 is 2.12 bits per heavy atom. The van der Waals surface area contributed by atoms with Crippen LogP contribution in [0.15, 0.2) is 48.5 Å². The van der Waals surface area contributed by atoms with E-state index in [4.69, 9.17) is 0 Å². The van der Waals surface area contributed by atoms with Gasteiger partial charge in [0.15, 0.2) is 0 Å². The molecule has 0 bridgehead atoms. The van der Waals surface area contributed by atoms with Crippen LogP contribution in [0.2, 0.25) is 0 Å². The van der Waals surface area contributed by atoms with Gasteiger partial charge >= 0.3 is 0 Å². The molecular formula is C21H21FN2O2. The third kappa shape index (κ3) is 3.09. The van der Waals surface area contributed by atoms with Crippen LogP contribution in [0, 0.1) is 5.82 Å². The van der Waals surface area contributed by atoms with Crippen LogP contribution in [0.3, 0.4) is 0 Å². The van der Waals surface area contributed by atoms with Crippen molar-refractivity contribution in [3.05, 3.63) is 65.5 Å². The van der Waals surface area contributed by atoms with Gasteiger partial charge in [-0.2, -0.15) is 0 Å². The molecule has 134 valence electrons. The molecule has 4 nitrogen and oxygen atoms in total. The summed E-state index contributed by atoms with van der Waals surface area (Å²) in [6, 6.07) is 13.2. The van der Waals surface area contributed by atoms with Crippen molar-refractivity contribution in [1.82, 2.24) is 4.90 Å². The first-order valence-corrected chi connectivity index (χ1v) is 9.05. The molecule has 2 amide bonds. The highest BCUT2D eigenvalue weighted by molar-refractivity contribution is 6.02. The highest BCUT2D eigenvalue weighted by atomic mass is 19.1. The summed E-state index contributed by atoms with van der Waals surface area (Å²) in [5, 5.41) is 2.94. The normalized spacial score (nSPS) is 17.8. The number of likely N-dealkylation sites (tertiary alicyclic amines) is 1. The Morgan fingerprint density at radius 2 is 1.54 bits per heavy atom. The van der Waals surface area contributed by atoms with Crippen LogP contribution in [-0.4, -0.2) is 29.8 Å². The number of carbonyl (C=O) groups is 2. The number of hydrogen-bond acceptors (Lipinski definition) is 2. The Hall–Kier alpha value is -2.69. The lowest BCUT2D eigenvalue weighted by Crippen LogP contribution is -2.28. The van der Waals surface area contributed by atoms with E-state index in [9.17, 15) is 14.0 Å². The zero-order valence-corrected chi connectivity index (χ0v) is 14.5. The van der Waals surface area contributed by atoms with Gasteiger partial charge < -0.3 is 10.2 Å². The maximum absolute atomic E-state index is 13.1. The van der Waals surface area contributed by atoms with Crippen LogP contribution in [0.25, 0.3) is 0 Å². The molecule has 1 aliphatic heterocycles. The molecule has 2 aliphatic rings. The number of rotatable bonds is 4. The first kappa shape index (κ1) is 16.8. The molecule has 1 aliphatic carbocycles. The van der Waals surface area contributed by atoms with Gasteiger partial charge in [-0.3, -0.25) is 9.59 Å². The minimum absolute atomic E-state index is 0.0466. The van der Waals surface area contributed by atoms with Gasteiger partial charge in [-0.25, -0.2) is 4.39 Å². The van der Waals surface area contributed by atoms with E-state index in [1.807, 2.05) is 4.90 Å². The Morgan fingerprint density at radius 1 is 0.923 bits per heavy atom. The molecule has 0 unspecified atom stereocenters. The van der Waals surface area contributed by atoms with Crippen LogP contribution in [0.1, 0.15) is 41.6 Å². The van der Waals surface area contributed by atoms with Crippen LogP contribution in [-0.2, 0) is 10.2 Å². The molecule has 2 fully saturated rings. The third-order valence-corrected chi connectivity index (χ3v) is 5.36. The Labute approximate surface area is 152 Å². The zero-order chi connectivity index (χ0) is 18.1. The predicted octanol–water partition coefficient (Wildman–Crippen LogP) is 3.73. The Bertz CT molecular complexity index is 820. The van der Waals surface area contributed by atoms with Gasteiger partial charge in [-0.1, -0.05) is 12.1 Å². The predicted molar refractivity (Wildman–Crippen MR) is 97.5 cm³/mol. The van der Waals surface area contributed by atoms with E-state index >= 15 is 0 Å². The first-order valence-electron chi connectivity index (χ1n) is 9.05. The molecule has 1 N–H and O–H groups in total. The highest BCUT2D eigenvalue weighted by Gasteiger charge is 2.51. The molecule has 0 aromatic heterocycles. The molecule has 0 atom stereocenters. The lowest BCUT2D eigenvalue weighted by atomic mass is 9.95. The van der Waals surface area contributed by atoms with E-state index in [1.165, 1.54) is 12.1 Å². The van der Waals surface area contributed by atoms with Gasteiger partial charge in [0.2, 0.25) is 5.91 Å². The summed E-state index contributed by atoms with van der Waals surface area (Å²) >= 11 is 0. The quantitative estimate of drug-likeness (QED) is 0.911. The van der Waals surface area contributed by atoms with E-state index in [0.717, 1.165) is 44.3 Å². The highest BCUT2D eigenvalue weighted by Crippen LogP contribution is 2.49. The molecule has 0 radical (unpaired) electrons. The lowest BCUT2D eigenvalue weighted by molar-refractivity contribution is -0.118. The van der Waals surface area contributed by atoms with Gasteiger partial charge in [0.05, 0.1) is 5.41 Å². The van der Waals surface area contributed by atoms with Crippen molar-refractivity contribution in [2.24, 2.45) is 0 Å². The molecule has 2 aromatic rings. The molecule has 26 heavy (non-hydrogen) atoms. The fraction of sp³-hybridized carbons (Fsp3) is 0.333. The molecular weight excluding hydrogens is 331 g/mol. The largest absolute Gasteiger partial charge is 0.339 e. The van der Waals surface area contributed by atoms with Crippen LogP contribution in [0.4, 0.5) is 10.1 Å². The summed E-state index contributed by atoms with van der Waals surface area (Å²) < 4.78 is 13.1. The number of hydrogen-bond donors (Lipinski definition) is 1. The molecule has 1 heterocycles. The summed E-state index contributed by atoms with van der Waals surface area (Å²) in [4.78, 5) is 27.0. The summed E-state index contributed by atoms with van der Waals surface area (Å²) in [7, 11) is 0. The molecule has 1 saturated carbocycles. The van der Waals surface area contributed by atoms with E-state index < -0.39 is 5.41 Å². The minimum atomic E-state index is -0.558. The summed E-state index contributed by atoms with van der Waals surface area (Å²) in [5.41, 5.74) is 1.60. The van der Waals surface area contributed by atoms with E-state index in [0.29, 0.717) is 11.3 Å². The maximum Gasteiger partial charge on any atom is 0.253 e. The number of nitrogens with one attached hydrogen (secondary N) is 1. The molecule has 2 aromatic carbocycles. The molecule has 1 saturated heterocycles. The number of amides is 2. The Balaban J connectivity index is 1.44. The topological polar surface area (TPSA) is 49.4 Å². The second kappa shape index (κ2) is 6.56. The Kier molecular flexibility index (Phi) is 4.23. The second-order valence-electron chi connectivity index (χ2n) is 7.12. The van der Waals surface area contributed by atoms with E-state index in [1.54, 1.807) is 36.4 Å². The third-order valence-electron chi connectivity index (χ3n) is 5.36. The molecule has 4 rings (SSSR count). The maximum atomic E-state index is 13.1. The standard InChI is InChI=1S/C21H21FN2O2/c22-17-7-5-16(6-8-17)21(11-12-21)20(26)23-18-9-3-15(4-10-18)19(25)24-13-1-2-14-24/h3-10H,1-2,11-14H2,(H,23,26). The van der Waals surface area contributed by atoms with Gasteiger partial charge in [-0.05, 0) is 67.6 Å². The summed E-state index contributed by atoms with van der Waals surface area (Å²) in [5.74, 6) is -0.337. The fourth-order valence-corrected chi connectivity index (χ4v) is 3.59. The minimum Gasteiger partial charge on any atom is -0.339 e. The number of nitrogens with zero attached hydrogens (tertiary/aromatic N) is 1. The van der Waals surface area contributed by atoms with Crippen molar-refractivity contribution in [1.29, 1.82) is 0 Å². The van der Waals surface area contributed by atoms with Gasteiger partial charge in [0.1, 0.15) is 5.82 Å². The van der Waals surface area contributed by atoms with Gasteiger partial charge in [0, 0.05) is 24.3 Å². The average Bonchev–Trinajstić information content (AvgIpc) is 3.29.